The van der Waals surface area contributed by atoms with E-state index in [4.69, 9.17) is 14.2 Å². The lowest BCUT2D eigenvalue weighted by atomic mass is 9.79. The van der Waals surface area contributed by atoms with Crippen molar-refractivity contribution >= 4 is 6.72 Å². The van der Waals surface area contributed by atoms with Crippen LogP contribution in [0.25, 0.3) is 0 Å². The van der Waals surface area contributed by atoms with Crippen molar-refractivity contribution in [1.82, 2.24) is 9.97 Å². The minimum atomic E-state index is -1.54. The van der Waals surface area contributed by atoms with Gasteiger partial charge in [-0.2, -0.15) is 4.98 Å². The summed E-state index contributed by atoms with van der Waals surface area (Å²) in [5.74, 6) is 0.961. The van der Waals surface area contributed by atoms with Crippen LogP contribution in [0.5, 0.6) is 5.88 Å². The average molecular weight is 430 g/mol. The molecule has 0 bridgehead atoms. The van der Waals surface area contributed by atoms with E-state index in [0.717, 1.165) is 12.1 Å². The molecule has 168 valence electrons. The zero-order valence-corrected chi connectivity index (χ0v) is 18.7. The number of aromatic nitrogens is 2. The van der Waals surface area contributed by atoms with E-state index in [-0.39, 0.29) is 0 Å². The summed E-state index contributed by atoms with van der Waals surface area (Å²) in [6, 6.07) is 0. The van der Waals surface area contributed by atoms with Gasteiger partial charge in [-0.25, -0.2) is 9.37 Å². The summed E-state index contributed by atoms with van der Waals surface area (Å²) in [4.78, 5) is 12.9. The molecule has 2 unspecified atom stereocenters. The fourth-order valence-electron chi connectivity index (χ4n) is 4.47. The molecule has 7 heteroatoms. The lowest BCUT2D eigenvalue weighted by Crippen LogP contribution is -2.40. The van der Waals surface area contributed by atoms with Gasteiger partial charge in [-0.3, -0.25) is 4.99 Å². The van der Waals surface area contributed by atoms with Crippen LogP contribution in [-0.4, -0.2) is 42.3 Å². The maximum absolute atomic E-state index is 16.0. The number of alkyl halides is 1. The Morgan fingerprint density at radius 2 is 1.97 bits per heavy atom. The monoisotopic (exact) mass is 429 g/mol. The first-order valence-electron chi connectivity index (χ1n) is 11.1. The standard InChI is InChI=1S/C24H32FN3O3/c1-16(2)5-6-21(26-4)19-13-18(19)15-29-22-20(14-27-17(3)28-22)23(25)7-9-24(10-8-23)30-11-12-31-24/h5-6,14,18-19H,4,7-13,15H2,1-3H3. The highest BCUT2D eigenvalue weighted by molar-refractivity contribution is 5.34. The Labute approximate surface area is 183 Å². The minimum Gasteiger partial charge on any atom is -0.477 e. The van der Waals surface area contributed by atoms with E-state index >= 15 is 4.39 Å². The fourth-order valence-corrected chi connectivity index (χ4v) is 4.47. The molecule has 2 saturated carbocycles. The molecule has 0 N–H and O–H groups in total. The first-order chi connectivity index (χ1) is 14.8. The second-order valence-corrected chi connectivity index (χ2v) is 9.12. The highest BCUT2D eigenvalue weighted by atomic mass is 19.1. The van der Waals surface area contributed by atoms with Gasteiger partial charge in [0.15, 0.2) is 5.79 Å². The molecule has 2 aliphatic carbocycles. The first-order valence-corrected chi connectivity index (χ1v) is 11.1. The number of aryl methyl sites for hydroxylation is 1. The Morgan fingerprint density at radius 3 is 2.61 bits per heavy atom. The summed E-state index contributed by atoms with van der Waals surface area (Å²) in [5.41, 5.74) is 1.09. The van der Waals surface area contributed by atoms with Gasteiger partial charge in [-0.1, -0.05) is 11.6 Å². The van der Waals surface area contributed by atoms with Crippen molar-refractivity contribution in [2.45, 2.75) is 64.3 Å². The second-order valence-electron chi connectivity index (χ2n) is 9.12. The van der Waals surface area contributed by atoms with Crippen LogP contribution in [0.4, 0.5) is 4.39 Å². The predicted molar refractivity (Wildman–Crippen MR) is 117 cm³/mol. The van der Waals surface area contributed by atoms with Gasteiger partial charge >= 0.3 is 0 Å². The van der Waals surface area contributed by atoms with Crippen molar-refractivity contribution in [3.63, 3.8) is 0 Å². The number of halogens is 1. The van der Waals surface area contributed by atoms with Crippen LogP contribution in [0.3, 0.4) is 0 Å². The topological polar surface area (TPSA) is 65.8 Å². The molecule has 1 aliphatic heterocycles. The Hall–Kier alpha value is -2.12. The van der Waals surface area contributed by atoms with Gasteiger partial charge in [0, 0.05) is 36.6 Å². The SMILES string of the molecule is C=NC(=CC=C(C)C)C1CC1COc1nc(C)ncc1C1(F)CCC2(CC1)OCCO2. The average Bonchev–Trinajstić information content (AvgIpc) is 3.37. The van der Waals surface area contributed by atoms with E-state index < -0.39 is 11.5 Å². The number of hydrogen-bond acceptors (Lipinski definition) is 6. The molecule has 6 nitrogen and oxygen atoms in total. The van der Waals surface area contributed by atoms with Crippen LogP contribution < -0.4 is 4.74 Å². The Kier molecular flexibility index (Phi) is 6.26. The lowest BCUT2D eigenvalue weighted by Gasteiger charge is -2.39. The maximum atomic E-state index is 16.0. The van der Waals surface area contributed by atoms with Crippen molar-refractivity contribution in [1.29, 1.82) is 0 Å². The summed E-state index contributed by atoms with van der Waals surface area (Å²) < 4.78 is 33.6. The number of allylic oxidation sites excluding steroid dienone is 4. The van der Waals surface area contributed by atoms with E-state index in [9.17, 15) is 0 Å². The van der Waals surface area contributed by atoms with Crippen LogP contribution in [0, 0.1) is 18.8 Å². The molecule has 31 heavy (non-hydrogen) atoms. The van der Waals surface area contributed by atoms with E-state index in [1.54, 1.807) is 13.1 Å². The van der Waals surface area contributed by atoms with Gasteiger partial charge in [0.05, 0.1) is 25.4 Å². The smallest absolute Gasteiger partial charge is 0.223 e. The number of ether oxygens (including phenoxy) is 3. The first kappa shape index (κ1) is 22.1. The van der Waals surface area contributed by atoms with Crippen LogP contribution in [0.2, 0.25) is 0 Å². The van der Waals surface area contributed by atoms with E-state index in [1.807, 2.05) is 12.2 Å². The molecule has 1 aromatic heterocycles. The quantitative estimate of drug-likeness (QED) is 0.459. The molecular weight excluding hydrogens is 397 g/mol. The van der Waals surface area contributed by atoms with Crippen LogP contribution >= 0.6 is 0 Å². The summed E-state index contributed by atoms with van der Waals surface area (Å²) in [6.45, 7) is 11.2. The molecule has 0 radical (unpaired) electrons. The van der Waals surface area contributed by atoms with Crippen molar-refractivity contribution in [3.05, 3.63) is 41.0 Å². The molecule has 3 aliphatic rings. The molecule has 2 heterocycles. The van der Waals surface area contributed by atoms with Crippen LogP contribution in [-0.2, 0) is 15.1 Å². The van der Waals surface area contributed by atoms with Crippen molar-refractivity contribution in [3.8, 4) is 5.88 Å². The Morgan fingerprint density at radius 1 is 1.26 bits per heavy atom. The molecule has 0 aromatic carbocycles. The van der Waals surface area contributed by atoms with Crippen molar-refractivity contribution in [2.24, 2.45) is 16.8 Å². The van der Waals surface area contributed by atoms with Crippen LogP contribution in [0.15, 0.2) is 34.6 Å². The largest absolute Gasteiger partial charge is 0.477 e. The lowest BCUT2D eigenvalue weighted by molar-refractivity contribution is -0.194. The molecule has 3 fully saturated rings. The molecule has 2 atom stereocenters. The summed E-state index contributed by atoms with van der Waals surface area (Å²) in [7, 11) is 0. The zero-order chi connectivity index (χ0) is 22.1. The van der Waals surface area contributed by atoms with Gasteiger partial charge in [-0.15, -0.1) is 0 Å². The fraction of sp³-hybridized carbons (Fsp3) is 0.625. The molecule has 0 amide bonds. The predicted octanol–water partition coefficient (Wildman–Crippen LogP) is 4.83. The number of aliphatic imine (C=N–C) groups is 1. The van der Waals surface area contributed by atoms with E-state index in [0.29, 0.717) is 74.6 Å². The highest BCUT2D eigenvalue weighted by Gasteiger charge is 2.49. The van der Waals surface area contributed by atoms with E-state index in [2.05, 4.69) is 35.5 Å². The minimum absolute atomic E-state index is 0.303. The van der Waals surface area contributed by atoms with Gasteiger partial charge in [0.1, 0.15) is 11.5 Å². The number of hydrogen-bond donors (Lipinski definition) is 0. The second kappa shape index (κ2) is 8.79. The van der Waals surface area contributed by atoms with Crippen LogP contribution in [0.1, 0.15) is 57.3 Å². The zero-order valence-electron chi connectivity index (χ0n) is 18.7. The third-order valence-electron chi connectivity index (χ3n) is 6.48. The summed E-state index contributed by atoms with van der Waals surface area (Å²) >= 11 is 0. The van der Waals surface area contributed by atoms with Gasteiger partial charge in [0.2, 0.25) is 5.88 Å². The van der Waals surface area contributed by atoms with Crippen molar-refractivity contribution < 1.29 is 18.6 Å². The third kappa shape index (κ3) is 4.88. The van der Waals surface area contributed by atoms with Gasteiger partial charge < -0.3 is 14.2 Å². The Bertz CT molecular complexity index is 878. The summed E-state index contributed by atoms with van der Waals surface area (Å²) in [5, 5.41) is 0. The molecule has 1 spiro atoms. The number of rotatable bonds is 7. The maximum Gasteiger partial charge on any atom is 0.223 e. The molecule has 4 rings (SSSR count). The van der Waals surface area contributed by atoms with Gasteiger partial charge in [0.25, 0.3) is 0 Å². The Balaban J connectivity index is 1.43. The normalized spacial score (nSPS) is 26.5. The summed E-state index contributed by atoms with van der Waals surface area (Å²) in [6.07, 6.45) is 8.29. The third-order valence-corrected chi connectivity index (χ3v) is 6.48. The number of nitrogens with zero attached hydrogens (tertiary/aromatic N) is 3. The highest BCUT2D eigenvalue weighted by Crippen LogP contribution is 2.50. The van der Waals surface area contributed by atoms with Gasteiger partial charge in [-0.05, 0) is 52.8 Å². The molecule has 1 aromatic rings. The molecule has 1 saturated heterocycles. The molecular formula is C24H32FN3O3. The van der Waals surface area contributed by atoms with Crippen molar-refractivity contribution in [2.75, 3.05) is 19.8 Å². The van der Waals surface area contributed by atoms with E-state index in [1.165, 1.54) is 5.57 Å².